The van der Waals surface area contributed by atoms with Crippen molar-refractivity contribution in [3.05, 3.63) is 97.1 Å². The highest BCUT2D eigenvalue weighted by Gasteiger charge is 2.30. The Hall–Kier alpha value is -5.38. The zero-order chi connectivity index (χ0) is 37.0. The van der Waals surface area contributed by atoms with E-state index in [2.05, 4.69) is 10.6 Å². The summed E-state index contributed by atoms with van der Waals surface area (Å²) in [6.07, 6.45) is 3.71. The highest BCUT2D eigenvalue weighted by molar-refractivity contribution is 6.03. The Morgan fingerprint density at radius 1 is 0.558 bits per heavy atom. The molecule has 276 valence electrons. The number of hydrogen-bond acceptors (Lipinski definition) is 6. The molecule has 0 spiro atoms. The number of anilines is 6. The fraction of sp³-hybridized carbons (Fsp3) is 0.381. The van der Waals surface area contributed by atoms with Crippen LogP contribution in [-0.2, 0) is 0 Å². The molecule has 4 aromatic rings. The molecule has 10 nitrogen and oxygen atoms in total. The number of amides is 4. The van der Waals surface area contributed by atoms with Crippen molar-refractivity contribution in [1.82, 2.24) is 0 Å². The van der Waals surface area contributed by atoms with Gasteiger partial charge in [0.2, 0.25) is 0 Å². The number of benzene rings is 4. The van der Waals surface area contributed by atoms with Gasteiger partial charge in [0.25, 0.3) is 0 Å². The van der Waals surface area contributed by atoms with Crippen molar-refractivity contribution >= 4 is 46.2 Å². The average Bonchev–Trinajstić information content (AvgIpc) is 3.15. The zero-order valence-corrected chi connectivity index (χ0v) is 31.5. The van der Waals surface area contributed by atoms with E-state index in [1.807, 2.05) is 159 Å². The van der Waals surface area contributed by atoms with Crippen LogP contribution < -0.4 is 39.7 Å². The van der Waals surface area contributed by atoms with Gasteiger partial charge in [0.15, 0.2) is 0 Å². The van der Waals surface area contributed by atoms with E-state index in [0.717, 1.165) is 59.8 Å². The van der Waals surface area contributed by atoms with Gasteiger partial charge in [-0.2, -0.15) is 0 Å². The van der Waals surface area contributed by atoms with Gasteiger partial charge in [0, 0.05) is 64.0 Å². The standard InChI is InChI=1S/C42H54N6O4/c1-7-51-39-15-11-9-13-37(39)47(41(49)43-33-21-25-35(26-22-33)45(3)4)29-31-17-19-32(20-18-31)30-48(38-14-10-12-16-40(38)52-8-2)42(50)44-34-23-27-36(28-24-34)46(5)6/h9-16,21-28,31-32H,7-8,17-20,29-30H2,1-6H3,(H,43,49)(H,44,50)/t31-,32+. The van der Waals surface area contributed by atoms with E-state index in [9.17, 15) is 9.59 Å². The summed E-state index contributed by atoms with van der Waals surface area (Å²) in [5, 5.41) is 6.25. The first-order chi connectivity index (χ1) is 25.2. The molecule has 0 bridgehead atoms. The fourth-order valence-electron chi connectivity index (χ4n) is 6.68. The molecule has 0 saturated heterocycles. The van der Waals surface area contributed by atoms with Crippen molar-refractivity contribution in [3.63, 3.8) is 0 Å². The predicted octanol–water partition coefficient (Wildman–Crippen LogP) is 9.20. The van der Waals surface area contributed by atoms with Gasteiger partial charge in [-0.15, -0.1) is 0 Å². The summed E-state index contributed by atoms with van der Waals surface area (Å²) in [5.74, 6) is 1.92. The van der Waals surface area contributed by atoms with Gasteiger partial charge in [-0.1, -0.05) is 24.3 Å². The summed E-state index contributed by atoms with van der Waals surface area (Å²) in [6, 6.07) is 30.8. The van der Waals surface area contributed by atoms with Gasteiger partial charge in [0.1, 0.15) is 11.5 Å². The molecule has 0 atom stereocenters. The molecular formula is C42H54N6O4. The summed E-state index contributed by atoms with van der Waals surface area (Å²) in [7, 11) is 7.97. The molecule has 0 aliphatic heterocycles. The molecule has 52 heavy (non-hydrogen) atoms. The lowest BCUT2D eigenvalue weighted by molar-refractivity contribution is 0.243. The van der Waals surface area contributed by atoms with Crippen molar-refractivity contribution in [2.75, 3.05) is 84.7 Å². The molecule has 1 aliphatic carbocycles. The number of rotatable bonds is 14. The number of hydrogen-bond donors (Lipinski definition) is 2. The molecule has 1 aliphatic rings. The summed E-state index contributed by atoms with van der Waals surface area (Å²) in [6.45, 7) is 6.01. The van der Waals surface area contributed by atoms with Gasteiger partial charge in [-0.05, 0) is 124 Å². The topological polar surface area (TPSA) is 89.6 Å². The van der Waals surface area contributed by atoms with Crippen LogP contribution in [0.15, 0.2) is 97.1 Å². The number of ether oxygens (including phenoxy) is 2. The summed E-state index contributed by atoms with van der Waals surface area (Å²) < 4.78 is 12.0. The Balaban J connectivity index is 1.30. The quantitative estimate of drug-likeness (QED) is 0.136. The molecule has 0 heterocycles. The minimum Gasteiger partial charge on any atom is -0.492 e. The minimum atomic E-state index is -0.194. The molecule has 0 unspecified atom stereocenters. The van der Waals surface area contributed by atoms with E-state index in [-0.39, 0.29) is 23.9 Å². The van der Waals surface area contributed by atoms with Gasteiger partial charge in [0.05, 0.1) is 24.6 Å². The molecule has 1 saturated carbocycles. The maximum absolute atomic E-state index is 14.0. The van der Waals surface area contributed by atoms with Crippen LogP contribution >= 0.6 is 0 Å². The van der Waals surface area contributed by atoms with E-state index < -0.39 is 0 Å². The lowest BCUT2D eigenvalue weighted by Gasteiger charge is -2.35. The first-order valence-corrected chi connectivity index (χ1v) is 18.3. The number of carbonyl (C=O) groups is 2. The number of para-hydroxylation sites is 4. The molecule has 1 fully saturated rings. The Morgan fingerprint density at radius 3 is 1.23 bits per heavy atom. The third-order valence-electron chi connectivity index (χ3n) is 9.52. The van der Waals surface area contributed by atoms with Gasteiger partial charge in [-0.3, -0.25) is 9.80 Å². The number of nitrogens with zero attached hydrogens (tertiary/aromatic N) is 4. The normalized spacial score (nSPS) is 15.3. The van der Waals surface area contributed by atoms with Gasteiger partial charge < -0.3 is 29.9 Å². The number of carbonyl (C=O) groups excluding carboxylic acids is 2. The zero-order valence-electron chi connectivity index (χ0n) is 31.5. The minimum absolute atomic E-state index is 0.194. The number of nitrogens with one attached hydrogen (secondary N) is 2. The van der Waals surface area contributed by atoms with Gasteiger partial charge in [-0.25, -0.2) is 9.59 Å². The first-order valence-electron chi connectivity index (χ1n) is 18.3. The molecule has 5 rings (SSSR count). The lowest BCUT2D eigenvalue weighted by Crippen LogP contribution is -2.42. The first kappa shape index (κ1) is 37.9. The maximum Gasteiger partial charge on any atom is 0.326 e. The SMILES string of the molecule is CCOc1ccccc1N(C[C@H]1CC[C@@H](CN(C(=O)Nc2ccc(N(C)C)cc2)c2ccccc2OCC)CC1)C(=O)Nc1ccc(N(C)C)cc1. The average molecular weight is 707 g/mol. The Labute approximate surface area is 309 Å². The van der Waals surface area contributed by atoms with E-state index >= 15 is 0 Å². The van der Waals surface area contributed by atoms with Crippen molar-refractivity contribution in [1.29, 1.82) is 0 Å². The third-order valence-corrected chi connectivity index (χ3v) is 9.52. The Bertz CT molecular complexity index is 1610. The van der Waals surface area contributed by atoms with Crippen LogP contribution in [0.25, 0.3) is 0 Å². The largest absolute Gasteiger partial charge is 0.492 e. The highest BCUT2D eigenvalue weighted by Crippen LogP contribution is 2.37. The van der Waals surface area contributed by atoms with Crippen LogP contribution in [0.2, 0.25) is 0 Å². The molecule has 0 radical (unpaired) electrons. The maximum atomic E-state index is 14.0. The molecule has 0 aromatic heterocycles. The monoisotopic (exact) mass is 706 g/mol. The molecule has 10 heteroatoms. The Morgan fingerprint density at radius 2 is 0.904 bits per heavy atom. The van der Waals surface area contributed by atoms with Crippen molar-refractivity contribution < 1.29 is 19.1 Å². The van der Waals surface area contributed by atoms with Gasteiger partial charge >= 0.3 is 12.1 Å². The third kappa shape index (κ3) is 9.90. The van der Waals surface area contributed by atoms with Crippen LogP contribution in [0, 0.1) is 11.8 Å². The highest BCUT2D eigenvalue weighted by atomic mass is 16.5. The second-order valence-electron chi connectivity index (χ2n) is 13.7. The van der Waals surface area contributed by atoms with Crippen molar-refractivity contribution in [3.8, 4) is 11.5 Å². The summed E-state index contributed by atoms with van der Waals surface area (Å²) >= 11 is 0. The van der Waals surface area contributed by atoms with Crippen LogP contribution in [0.1, 0.15) is 39.5 Å². The fourth-order valence-corrected chi connectivity index (χ4v) is 6.68. The molecule has 4 amide bonds. The van der Waals surface area contributed by atoms with E-state index in [1.165, 1.54) is 0 Å². The van der Waals surface area contributed by atoms with Crippen LogP contribution in [-0.4, -0.2) is 66.6 Å². The van der Waals surface area contributed by atoms with E-state index in [4.69, 9.17) is 9.47 Å². The van der Waals surface area contributed by atoms with Crippen LogP contribution in [0.4, 0.5) is 43.7 Å². The van der Waals surface area contributed by atoms with Crippen LogP contribution in [0.5, 0.6) is 11.5 Å². The molecule has 4 aromatic carbocycles. The lowest BCUT2D eigenvalue weighted by atomic mass is 9.81. The Kier molecular flexibility index (Phi) is 13.3. The molecular weight excluding hydrogens is 653 g/mol. The van der Waals surface area contributed by atoms with E-state index in [1.54, 1.807) is 0 Å². The second-order valence-corrected chi connectivity index (χ2v) is 13.7. The van der Waals surface area contributed by atoms with E-state index in [0.29, 0.717) is 37.8 Å². The van der Waals surface area contributed by atoms with Crippen LogP contribution in [0.3, 0.4) is 0 Å². The van der Waals surface area contributed by atoms with Crippen molar-refractivity contribution in [2.45, 2.75) is 39.5 Å². The second kappa shape index (κ2) is 18.2. The summed E-state index contributed by atoms with van der Waals surface area (Å²) in [5.41, 5.74) is 5.09. The number of urea groups is 2. The predicted molar refractivity (Wildman–Crippen MR) is 215 cm³/mol. The summed E-state index contributed by atoms with van der Waals surface area (Å²) in [4.78, 5) is 35.7. The molecule has 2 N–H and O–H groups in total. The van der Waals surface area contributed by atoms with Crippen molar-refractivity contribution in [2.24, 2.45) is 11.8 Å². The smallest absolute Gasteiger partial charge is 0.326 e.